The van der Waals surface area contributed by atoms with Crippen molar-refractivity contribution in [2.75, 3.05) is 0 Å². The van der Waals surface area contributed by atoms with Gasteiger partial charge < -0.3 is 8.98 Å². The fourth-order valence-electron chi connectivity index (χ4n) is 9.15. The average molecular weight is 828 g/mol. The van der Waals surface area contributed by atoms with Crippen LogP contribution in [0.5, 0.6) is 0 Å². The second-order valence-corrected chi connectivity index (χ2v) is 16.5. The lowest BCUT2D eigenvalue weighted by atomic mass is 9.98. The van der Waals surface area contributed by atoms with Gasteiger partial charge in [0.2, 0.25) is 0 Å². The number of hydrogen-bond donors (Lipinski definition) is 0. The van der Waals surface area contributed by atoms with E-state index < -0.39 is 30.2 Å². The largest absolute Gasteiger partial charge is 0.455 e. The van der Waals surface area contributed by atoms with Crippen LogP contribution in [0.3, 0.4) is 0 Å². The first-order chi connectivity index (χ1) is 33.3. The third-order valence-corrected chi connectivity index (χ3v) is 13.2. The summed E-state index contributed by atoms with van der Waals surface area (Å²) < 4.78 is 54.6. The second-order valence-electron chi connectivity index (χ2n) is 15.5. The van der Waals surface area contributed by atoms with Crippen LogP contribution in [-0.4, -0.2) is 19.5 Å². The van der Waals surface area contributed by atoms with E-state index in [0.717, 1.165) is 54.3 Å². The standard InChI is InChI=1S/C57H34N4OS/c1-4-17-35(18-5-1)39-25-14-29-45-48-34-38(61-49-31-12-10-23-40(49)41-24-11-13-32-50(41)61)33-47(54(48)63-53(39)45)44-28-15-26-42-43-27-16-30-46(52(43)62-51(42)44)57-59-55(36-19-6-2-7-20-36)58-56(60-57)37-21-8-3-9-22-37/h1-34H/i2D,6D,7D,19D,20D. The zero-order valence-corrected chi connectivity index (χ0v) is 34.2. The van der Waals surface area contributed by atoms with Crippen LogP contribution in [0.15, 0.2) is 211 Å². The number of fused-ring (bicyclic) bond motifs is 9. The molecule has 0 unspecified atom stereocenters. The Labute approximate surface area is 372 Å². The number of furan rings is 1. The molecule has 0 amide bonds. The van der Waals surface area contributed by atoms with E-state index in [1.807, 2.05) is 54.6 Å². The Bertz CT molecular complexity index is 4140. The predicted molar refractivity (Wildman–Crippen MR) is 262 cm³/mol. The molecule has 4 heterocycles. The molecule has 63 heavy (non-hydrogen) atoms. The van der Waals surface area contributed by atoms with Gasteiger partial charge in [-0.05, 0) is 41.5 Å². The summed E-state index contributed by atoms with van der Waals surface area (Å²) in [5.41, 5.74) is 9.92. The molecule has 9 aromatic carbocycles. The Kier molecular flexibility index (Phi) is 6.94. The highest BCUT2D eigenvalue weighted by molar-refractivity contribution is 7.27. The molecule has 5 nitrogen and oxygen atoms in total. The molecule has 0 saturated heterocycles. The number of thiophene rings is 1. The van der Waals surface area contributed by atoms with Crippen molar-refractivity contribution in [1.82, 2.24) is 19.5 Å². The molecule has 0 aliphatic carbocycles. The first kappa shape index (κ1) is 30.8. The van der Waals surface area contributed by atoms with Crippen LogP contribution < -0.4 is 0 Å². The average Bonchev–Trinajstić information content (AvgIpc) is 4.08. The van der Waals surface area contributed by atoms with Crippen molar-refractivity contribution in [3.63, 3.8) is 0 Å². The van der Waals surface area contributed by atoms with E-state index in [1.165, 1.54) is 26.4 Å². The molecule has 6 heteroatoms. The molecular formula is C57H34N4OS. The summed E-state index contributed by atoms with van der Waals surface area (Å²) in [6.45, 7) is 0. The van der Waals surface area contributed by atoms with Crippen molar-refractivity contribution in [1.29, 1.82) is 0 Å². The smallest absolute Gasteiger partial charge is 0.167 e. The van der Waals surface area contributed by atoms with E-state index in [1.54, 1.807) is 11.3 Å². The van der Waals surface area contributed by atoms with Crippen LogP contribution in [-0.2, 0) is 0 Å². The maximum absolute atomic E-state index is 8.83. The molecule has 0 aliphatic rings. The normalized spacial score (nSPS) is 12.9. The summed E-state index contributed by atoms with van der Waals surface area (Å²) in [7, 11) is 0. The molecule has 0 radical (unpaired) electrons. The third-order valence-electron chi connectivity index (χ3n) is 12.0. The van der Waals surface area contributed by atoms with Crippen LogP contribution in [0.4, 0.5) is 0 Å². The van der Waals surface area contributed by atoms with Gasteiger partial charge in [0.1, 0.15) is 11.2 Å². The van der Waals surface area contributed by atoms with Crippen molar-refractivity contribution in [3.05, 3.63) is 206 Å². The Morgan fingerprint density at radius 1 is 0.397 bits per heavy atom. The molecule has 0 N–H and O–H groups in total. The van der Waals surface area contributed by atoms with Gasteiger partial charge in [0, 0.05) is 69.7 Å². The van der Waals surface area contributed by atoms with Crippen LogP contribution in [0.2, 0.25) is 0 Å². The summed E-state index contributed by atoms with van der Waals surface area (Å²) in [5, 5.41) is 6.44. The maximum Gasteiger partial charge on any atom is 0.167 e. The monoisotopic (exact) mass is 827 g/mol. The molecule has 4 aromatic heterocycles. The second kappa shape index (κ2) is 14.2. The van der Waals surface area contributed by atoms with Crippen LogP contribution >= 0.6 is 11.3 Å². The minimum absolute atomic E-state index is 0.0384. The first-order valence-corrected chi connectivity index (χ1v) is 21.5. The molecule has 0 atom stereocenters. The SMILES string of the molecule is [2H]c1c([2H])c([2H])c(-c2nc(-c3ccccc3)nc(-c3cccc4c3oc3c(-c5cc(-n6c7ccccc7c7ccccc76)cc6c5sc5c(-c7ccccc7)cccc56)cccc34)n2)c([2H])c1[2H]. The van der Waals surface area contributed by atoms with Gasteiger partial charge in [-0.2, -0.15) is 0 Å². The molecule has 294 valence electrons. The van der Waals surface area contributed by atoms with E-state index in [-0.39, 0.29) is 23.0 Å². The van der Waals surface area contributed by atoms with Gasteiger partial charge in [-0.1, -0.05) is 176 Å². The number of benzene rings is 9. The van der Waals surface area contributed by atoms with E-state index in [9.17, 15) is 0 Å². The number of aromatic nitrogens is 4. The molecule has 0 spiro atoms. The van der Waals surface area contributed by atoms with Gasteiger partial charge in [-0.15, -0.1) is 11.3 Å². The summed E-state index contributed by atoms with van der Waals surface area (Å²) in [6.07, 6.45) is 0. The van der Waals surface area contributed by atoms with E-state index in [0.29, 0.717) is 22.3 Å². The summed E-state index contributed by atoms with van der Waals surface area (Å²) in [6, 6.07) is 58.2. The topological polar surface area (TPSA) is 56.7 Å². The lowest BCUT2D eigenvalue weighted by molar-refractivity contribution is 0.670. The summed E-state index contributed by atoms with van der Waals surface area (Å²) in [5.74, 6) is 0.485. The van der Waals surface area contributed by atoms with E-state index in [2.05, 4.69) is 126 Å². The number of hydrogen-bond acceptors (Lipinski definition) is 5. The van der Waals surface area contributed by atoms with Crippen LogP contribution in [0.1, 0.15) is 6.85 Å². The quantitative estimate of drug-likeness (QED) is 0.168. The molecule has 0 fully saturated rings. The summed E-state index contributed by atoms with van der Waals surface area (Å²) >= 11 is 1.79. The first-order valence-electron chi connectivity index (χ1n) is 23.2. The van der Waals surface area contributed by atoms with Crippen LogP contribution in [0, 0.1) is 0 Å². The minimum atomic E-state index is -0.491. The molecular weight excluding hydrogens is 789 g/mol. The fraction of sp³-hybridized carbons (Fsp3) is 0. The van der Waals surface area contributed by atoms with E-state index >= 15 is 0 Å². The Hall–Kier alpha value is -8.19. The molecule has 0 aliphatic heterocycles. The van der Waals surface area contributed by atoms with Crippen LogP contribution in [0.25, 0.3) is 126 Å². The molecule has 13 aromatic rings. The van der Waals surface area contributed by atoms with Crippen molar-refractivity contribution >= 4 is 75.3 Å². The van der Waals surface area contributed by atoms with Crippen molar-refractivity contribution in [2.24, 2.45) is 0 Å². The van der Waals surface area contributed by atoms with Gasteiger partial charge in [0.25, 0.3) is 0 Å². The molecule has 0 saturated carbocycles. The Balaban J connectivity index is 1.09. The summed E-state index contributed by atoms with van der Waals surface area (Å²) in [4.78, 5) is 14.6. The van der Waals surface area contributed by atoms with Gasteiger partial charge in [-0.25, -0.2) is 15.0 Å². The van der Waals surface area contributed by atoms with Crippen molar-refractivity contribution in [3.8, 4) is 62.1 Å². The molecule has 13 rings (SSSR count). The van der Waals surface area contributed by atoms with E-state index in [4.69, 9.17) is 26.2 Å². The number of nitrogens with zero attached hydrogens (tertiary/aromatic N) is 4. The fourth-order valence-corrected chi connectivity index (χ4v) is 10.5. The highest BCUT2D eigenvalue weighted by atomic mass is 32.1. The zero-order chi connectivity index (χ0) is 45.8. The number of rotatable bonds is 6. The predicted octanol–water partition coefficient (Wildman–Crippen LogP) is 15.6. The van der Waals surface area contributed by atoms with Gasteiger partial charge in [0.15, 0.2) is 17.5 Å². The zero-order valence-electron chi connectivity index (χ0n) is 38.3. The Morgan fingerprint density at radius 2 is 0.921 bits per heavy atom. The van der Waals surface area contributed by atoms with Gasteiger partial charge in [-0.3, -0.25) is 0 Å². The number of para-hydroxylation sites is 4. The minimum Gasteiger partial charge on any atom is -0.455 e. The molecule has 0 bridgehead atoms. The van der Waals surface area contributed by atoms with Crippen molar-refractivity contribution < 1.29 is 11.3 Å². The lowest BCUT2D eigenvalue weighted by Crippen LogP contribution is -2.00. The Morgan fingerprint density at radius 3 is 1.62 bits per heavy atom. The van der Waals surface area contributed by atoms with Gasteiger partial charge >= 0.3 is 0 Å². The highest BCUT2D eigenvalue weighted by Gasteiger charge is 2.23. The van der Waals surface area contributed by atoms with Gasteiger partial charge in [0.05, 0.1) is 23.5 Å². The highest BCUT2D eigenvalue weighted by Crippen LogP contribution is 2.48. The maximum atomic E-state index is 8.83. The lowest BCUT2D eigenvalue weighted by Gasteiger charge is -2.12. The third kappa shape index (κ3) is 5.66. The van der Waals surface area contributed by atoms with Crippen molar-refractivity contribution in [2.45, 2.75) is 0 Å².